The fraction of sp³-hybridized carbons (Fsp3) is 0.500. The molecule has 0 radical (unpaired) electrons. The molecule has 1 saturated heterocycles. The van der Waals surface area contributed by atoms with Gasteiger partial charge in [0.05, 0.1) is 12.6 Å². The van der Waals surface area contributed by atoms with Gasteiger partial charge in [-0.15, -0.1) is 0 Å². The van der Waals surface area contributed by atoms with E-state index in [0.717, 1.165) is 18.5 Å². The lowest BCUT2D eigenvalue weighted by Gasteiger charge is -2.29. The first-order valence-corrected chi connectivity index (χ1v) is 8.40. The number of aromatic amines is 1. The fourth-order valence-electron chi connectivity index (χ4n) is 3.46. The minimum absolute atomic E-state index is 0.184. The fourth-order valence-corrected chi connectivity index (χ4v) is 3.46. The van der Waals surface area contributed by atoms with Crippen LogP contribution in [-0.2, 0) is 11.2 Å². The van der Waals surface area contributed by atoms with E-state index in [1.165, 1.54) is 35.1 Å². The molecule has 22 heavy (non-hydrogen) atoms. The van der Waals surface area contributed by atoms with Gasteiger partial charge in [-0.05, 0) is 44.2 Å². The molecule has 4 heteroatoms. The van der Waals surface area contributed by atoms with Crippen molar-refractivity contribution in [2.75, 3.05) is 19.6 Å². The van der Waals surface area contributed by atoms with Crippen LogP contribution in [0.3, 0.4) is 0 Å². The van der Waals surface area contributed by atoms with Gasteiger partial charge in [0.1, 0.15) is 0 Å². The van der Waals surface area contributed by atoms with E-state index >= 15 is 0 Å². The van der Waals surface area contributed by atoms with Gasteiger partial charge in [0.2, 0.25) is 0 Å². The largest absolute Gasteiger partial charge is 0.361 e. The second-order valence-corrected chi connectivity index (χ2v) is 6.44. The number of hydrogen-bond donors (Lipinski definition) is 3. The number of carbonyl (C=O) groups is 1. The highest BCUT2D eigenvalue weighted by Gasteiger charge is 2.23. The van der Waals surface area contributed by atoms with Crippen molar-refractivity contribution in [3.63, 3.8) is 0 Å². The summed E-state index contributed by atoms with van der Waals surface area (Å²) in [7, 11) is 0. The lowest BCUT2D eigenvalue weighted by atomic mass is 10.0. The maximum absolute atomic E-state index is 12.1. The van der Waals surface area contributed by atoms with Crippen molar-refractivity contribution in [3.05, 3.63) is 36.0 Å². The van der Waals surface area contributed by atoms with Crippen molar-refractivity contribution in [2.24, 2.45) is 0 Å². The number of nitrogens with one attached hydrogen (secondary N) is 3. The summed E-state index contributed by atoms with van der Waals surface area (Å²) in [6, 6.07) is 8.92. The molecular formula is C18H26N3O+. The molecule has 2 aromatic rings. The number of likely N-dealkylation sites (tertiary alicyclic amines) is 1. The third kappa shape index (κ3) is 3.50. The number of benzene rings is 1. The molecule has 0 spiro atoms. The van der Waals surface area contributed by atoms with Gasteiger partial charge in [-0.2, -0.15) is 0 Å². The van der Waals surface area contributed by atoms with Crippen LogP contribution in [0.2, 0.25) is 0 Å². The van der Waals surface area contributed by atoms with Gasteiger partial charge in [-0.1, -0.05) is 18.2 Å². The summed E-state index contributed by atoms with van der Waals surface area (Å²) in [5.41, 5.74) is 2.44. The van der Waals surface area contributed by atoms with E-state index in [9.17, 15) is 4.79 Å². The zero-order valence-electron chi connectivity index (χ0n) is 13.3. The van der Waals surface area contributed by atoms with Crippen LogP contribution in [0.25, 0.3) is 10.9 Å². The number of amides is 1. The van der Waals surface area contributed by atoms with E-state index in [2.05, 4.69) is 41.6 Å². The van der Waals surface area contributed by atoms with Gasteiger partial charge in [0.25, 0.3) is 5.91 Å². The average Bonchev–Trinajstić information content (AvgIpc) is 2.93. The van der Waals surface area contributed by atoms with Crippen LogP contribution < -0.4 is 10.2 Å². The van der Waals surface area contributed by atoms with Crippen molar-refractivity contribution in [3.8, 4) is 0 Å². The smallest absolute Gasteiger partial charge is 0.275 e. The Balaban J connectivity index is 1.47. The van der Waals surface area contributed by atoms with Gasteiger partial charge in [-0.25, -0.2) is 0 Å². The molecule has 1 unspecified atom stereocenters. The molecular weight excluding hydrogens is 274 g/mol. The normalized spacial score (nSPS) is 21.9. The van der Waals surface area contributed by atoms with E-state index in [1.807, 2.05) is 6.07 Å². The van der Waals surface area contributed by atoms with E-state index < -0.39 is 0 Å². The third-order valence-corrected chi connectivity index (χ3v) is 4.86. The van der Waals surface area contributed by atoms with Gasteiger partial charge in [0, 0.05) is 23.6 Å². The standard InChI is InChI=1S/C18H25N3O/c1-14-6-4-5-11-21(14)13-18(22)19-10-9-15-12-20-17-8-3-2-7-16(15)17/h2-3,7-8,12,14,20H,4-6,9-11,13H2,1H3,(H,19,22)/p+1/t14-/m0/s1. The predicted molar refractivity (Wildman–Crippen MR) is 89.0 cm³/mol. The highest BCUT2D eigenvalue weighted by molar-refractivity contribution is 5.83. The number of aromatic nitrogens is 1. The Morgan fingerprint density at radius 2 is 2.23 bits per heavy atom. The zero-order valence-corrected chi connectivity index (χ0v) is 13.3. The Hall–Kier alpha value is -1.81. The van der Waals surface area contributed by atoms with Crippen LogP contribution in [0.15, 0.2) is 30.5 Å². The number of para-hydroxylation sites is 1. The molecule has 4 nitrogen and oxygen atoms in total. The van der Waals surface area contributed by atoms with E-state index in [-0.39, 0.29) is 5.91 Å². The van der Waals surface area contributed by atoms with Crippen LogP contribution in [0, 0.1) is 0 Å². The maximum atomic E-state index is 12.1. The first kappa shape index (κ1) is 15.1. The van der Waals surface area contributed by atoms with Crippen LogP contribution >= 0.6 is 0 Å². The topological polar surface area (TPSA) is 49.3 Å². The number of H-pyrrole nitrogens is 1. The van der Waals surface area contributed by atoms with Crippen molar-refractivity contribution in [1.82, 2.24) is 10.3 Å². The molecule has 2 heterocycles. The van der Waals surface area contributed by atoms with Crippen LogP contribution in [0.5, 0.6) is 0 Å². The number of rotatable bonds is 5. The molecule has 1 fully saturated rings. The molecule has 1 aliphatic heterocycles. The second-order valence-electron chi connectivity index (χ2n) is 6.44. The lowest BCUT2D eigenvalue weighted by Crippen LogP contribution is -3.17. The van der Waals surface area contributed by atoms with Crippen LogP contribution in [0.1, 0.15) is 31.7 Å². The Bertz CT molecular complexity index is 634. The quantitative estimate of drug-likeness (QED) is 0.765. The number of piperidine rings is 1. The van der Waals surface area contributed by atoms with Crippen molar-refractivity contribution in [1.29, 1.82) is 0 Å². The number of carbonyl (C=O) groups excluding carboxylic acids is 1. The molecule has 1 aromatic heterocycles. The summed E-state index contributed by atoms with van der Waals surface area (Å²) < 4.78 is 0. The number of fused-ring (bicyclic) bond motifs is 1. The van der Waals surface area contributed by atoms with Crippen LogP contribution in [0.4, 0.5) is 0 Å². The minimum atomic E-state index is 0.184. The zero-order chi connectivity index (χ0) is 15.4. The molecule has 0 aliphatic carbocycles. The Kier molecular flexibility index (Phi) is 4.78. The molecule has 1 aromatic carbocycles. The van der Waals surface area contributed by atoms with Gasteiger partial charge in [0.15, 0.2) is 6.54 Å². The highest BCUT2D eigenvalue weighted by Crippen LogP contribution is 2.17. The van der Waals surface area contributed by atoms with Crippen LogP contribution in [-0.4, -0.2) is 36.6 Å². The lowest BCUT2D eigenvalue weighted by molar-refractivity contribution is -0.921. The summed E-state index contributed by atoms with van der Waals surface area (Å²) in [4.78, 5) is 16.8. The summed E-state index contributed by atoms with van der Waals surface area (Å²) in [5.74, 6) is 0.184. The molecule has 0 bridgehead atoms. The number of quaternary nitrogens is 1. The summed E-state index contributed by atoms with van der Waals surface area (Å²) in [6.07, 6.45) is 6.74. The Labute approximate surface area is 131 Å². The van der Waals surface area contributed by atoms with Gasteiger partial charge >= 0.3 is 0 Å². The molecule has 3 rings (SSSR count). The third-order valence-electron chi connectivity index (χ3n) is 4.86. The van der Waals surface area contributed by atoms with Gasteiger partial charge in [-0.3, -0.25) is 4.79 Å². The summed E-state index contributed by atoms with van der Waals surface area (Å²) in [5, 5.41) is 4.34. The van der Waals surface area contributed by atoms with E-state index in [0.29, 0.717) is 19.1 Å². The van der Waals surface area contributed by atoms with Gasteiger partial charge < -0.3 is 15.2 Å². The van der Waals surface area contributed by atoms with E-state index in [1.54, 1.807) is 0 Å². The molecule has 1 aliphatic rings. The second kappa shape index (κ2) is 6.97. The predicted octanol–water partition coefficient (Wildman–Crippen LogP) is 1.28. The Morgan fingerprint density at radius 3 is 3.09 bits per heavy atom. The van der Waals surface area contributed by atoms with Crippen molar-refractivity contribution in [2.45, 2.75) is 38.6 Å². The van der Waals surface area contributed by atoms with Crippen molar-refractivity contribution < 1.29 is 9.69 Å². The monoisotopic (exact) mass is 300 g/mol. The first-order chi connectivity index (χ1) is 10.7. The molecule has 1 amide bonds. The molecule has 0 saturated carbocycles. The van der Waals surface area contributed by atoms with Crippen molar-refractivity contribution >= 4 is 16.8 Å². The number of hydrogen-bond acceptors (Lipinski definition) is 1. The maximum Gasteiger partial charge on any atom is 0.275 e. The SMILES string of the molecule is C[C@H]1CCCC[NH+]1CC(=O)NCCc1c[nH]c2ccccc12. The summed E-state index contributed by atoms with van der Waals surface area (Å²) in [6.45, 7) is 4.72. The molecule has 2 atom stereocenters. The Morgan fingerprint density at radius 1 is 1.36 bits per heavy atom. The average molecular weight is 300 g/mol. The van der Waals surface area contributed by atoms with E-state index in [4.69, 9.17) is 0 Å². The minimum Gasteiger partial charge on any atom is -0.361 e. The highest BCUT2D eigenvalue weighted by atomic mass is 16.2. The summed E-state index contributed by atoms with van der Waals surface area (Å²) >= 11 is 0. The molecule has 3 N–H and O–H groups in total. The molecule has 118 valence electrons. The first-order valence-electron chi connectivity index (χ1n) is 8.40.